The second-order valence-electron chi connectivity index (χ2n) is 16.0. The molecule has 1 aliphatic rings. The number of amides is 5. The Morgan fingerprint density at radius 1 is 0.633 bits per heavy atom. The first kappa shape index (κ1) is 52.2. The highest BCUT2D eigenvalue weighted by molar-refractivity contribution is 5.81. The molecule has 1 fully saturated rings. The van der Waals surface area contributed by atoms with Crippen molar-refractivity contribution in [2.75, 3.05) is 32.7 Å². The van der Waals surface area contributed by atoms with Crippen LogP contribution in [0.5, 0.6) is 0 Å². The molecule has 0 saturated carbocycles. The molecule has 1 saturated heterocycles. The first-order valence-corrected chi connectivity index (χ1v) is 23.3. The maximum Gasteiger partial charge on any atom is 0.330 e. The van der Waals surface area contributed by atoms with Crippen LogP contribution in [-0.4, -0.2) is 84.6 Å². The van der Waals surface area contributed by atoms with Gasteiger partial charge in [-0.25, -0.2) is 18.8 Å². The molecule has 1 aromatic rings. The van der Waals surface area contributed by atoms with Gasteiger partial charge in [-0.3, -0.25) is 23.9 Å². The number of nitrogens with one attached hydrogen (secondary N) is 6. The minimum atomic E-state index is -1.82. The van der Waals surface area contributed by atoms with E-state index in [0.29, 0.717) is 19.5 Å². The van der Waals surface area contributed by atoms with Crippen LogP contribution in [0.3, 0.4) is 0 Å². The normalized spacial score (nSPS) is 17.2. The van der Waals surface area contributed by atoms with Crippen LogP contribution < -0.4 is 37.8 Å². The molecule has 0 aliphatic carbocycles. The Morgan fingerprint density at radius 3 is 1.47 bits per heavy atom. The van der Waals surface area contributed by atoms with Gasteiger partial charge in [0, 0.05) is 51.4 Å². The van der Waals surface area contributed by atoms with Crippen molar-refractivity contribution in [2.24, 2.45) is 0 Å². The van der Waals surface area contributed by atoms with Gasteiger partial charge in [0.2, 0.25) is 5.91 Å². The summed E-state index contributed by atoms with van der Waals surface area (Å²) >= 11 is 0. The van der Waals surface area contributed by atoms with Gasteiger partial charge in [0.15, 0.2) is 18.5 Å². The Labute approximate surface area is 357 Å². The molecule has 4 atom stereocenters. The number of unbranched alkanes of at least 4 members (excludes halogenated alkanes) is 19. The van der Waals surface area contributed by atoms with Crippen molar-refractivity contribution < 1.29 is 33.0 Å². The standard InChI is InChI=1S/C44H78FN7O8/c1-3-5-29-47-42(56)48-31-23-19-15-12-8-9-13-17-21-25-33-50-43(57)49-32-24-20-16-11-7-6-10-14-18-22-30-46-36(53)26-27-38(55)60-40-35(4-2)59-41(39(40)45)52-34-28-37(54)51-44(52)58/h28,34-35,39-41H,3-27,29-33H2,1-2H3,(H,46,53)(H2,47,48,56)(H2,49,50,57)(H,51,54,58)/t35-,39?,40+,41-/m1/s1. The van der Waals surface area contributed by atoms with Crippen molar-refractivity contribution in [1.29, 1.82) is 0 Å². The number of ether oxygens (including phenoxy) is 2. The van der Waals surface area contributed by atoms with E-state index in [-0.39, 0.29) is 30.8 Å². The summed E-state index contributed by atoms with van der Waals surface area (Å²) in [7, 11) is 0. The molecular formula is C44H78FN7O8. The summed E-state index contributed by atoms with van der Waals surface area (Å²) in [4.78, 5) is 73.8. The van der Waals surface area contributed by atoms with Gasteiger partial charge in [0.1, 0.15) is 6.10 Å². The average molecular weight is 852 g/mol. The molecule has 344 valence electrons. The van der Waals surface area contributed by atoms with Crippen molar-refractivity contribution >= 4 is 23.9 Å². The van der Waals surface area contributed by atoms with Gasteiger partial charge in [0.05, 0.1) is 6.42 Å². The summed E-state index contributed by atoms with van der Waals surface area (Å²) in [6.07, 6.45) is 20.9. The van der Waals surface area contributed by atoms with E-state index in [9.17, 15) is 28.8 Å². The number of aromatic nitrogens is 2. The van der Waals surface area contributed by atoms with E-state index >= 15 is 4.39 Å². The number of H-pyrrole nitrogens is 1. The van der Waals surface area contributed by atoms with Crippen LogP contribution in [0.4, 0.5) is 14.0 Å². The third kappa shape index (κ3) is 24.3. The second kappa shape index (κ2) is 33.7. The van der Waals surface area contributed by atoms with Crippen LogP contribution in [-0.2, 0) is 19.1 Å². The van der Waals surface area contributed by atoms with E-state index in [0.717, 1.165) is 114 Å². The molecule has 15 nitrogen and oxygen atoms in total. The second-order valence-corrected chi connectivity index (χ2v) is 16.0. The smallest absolute Gasteiger partial charge is 0.330 e. The highest BCUT2D eigenvalue weighted by Crippen LogP contribution is 2.34. The minimum Gasteiger partial charge on any atom is -0.456 e. The molecule has 0 spiro atoms. The van der Waals surface area contributed by atoms with Crippen molar-refractivity contribution in [1.82, 2.24) is 36.1 Å². The van der Waals surface area contributed by atoms with Gasteiger partial charge in [-0.1, -0.05) is 123 Å². The zero-order chi connectivity index (χ0) is 43.6. The summed E-state index contributed by atoms with van der Waals surface area (Å²) < 4.78 is 27.1. The Kier molecular flexibility index (Phi) is 29.3. The molecule has 2 rings (SSSR count). The number of hydrogen-bond donors (Lipinski definition) is 6. The lowest BCUT2D eigenvalue weighted by Gasteiger charge is -2.18. The van der Waals surface area contributed by atoms with E-state index < -0.39 is 41.8 Å². The molecule has 60 heavy (non-hydrogen) atoms. The molecule has 0 bridgehead atoms. The fourth-order valence-electron chi connectivity index (χ4n) is 7.20. The maximum atomic E-state index is 15.2. The Balaban J connectivity index is 1.30. The molecule has 5 amide bonds. The van der Waals surface area contributed by atoms with Crippen LogP contribution >= 0.6 is 0 Å². The number of halogens is 1. The Morgan fingerprint density at radius 2 is 1.05 bits per heavy atom. The van der Waals surface area contributed by atoms with Gasteiger partial charge in [-0.2, -0.15) is 0 Å². The monoisotopic (exact) mass is 852 g/mol. The van der Waals surface area contributed by atoms with E-state index in [1.807, 2.05) is 0 Å². The third-order valence-corrected chi connectivity index (χ3v) is 10.8. The number of alkyl halides is 1. The topological polar surface area (TPSA) is 202 Å². The summed E-state index contributed by atoms with van der Waals surface area (Å²) in [5.41, 5.74) is -1.44. The number of esters is 1. The lowest BCUT2D eigenvalue weighted by atomic mass is 10.1. The van der Waals surface area contributed by atoms with Gasteiger partial charge in [-0.05, 0) is 38.5 Å². The highest BCUT2D eigenvalue weighted by Gasteiger charge is 2.48. The van der Waals surface area contributed by atoms with Crippen LogP contribution in [0, 0.1) is 0 Å². The van der Waals surface area contributed by atoms with E-state index in [4.69, 9.17) is 9.47 Å². The molecule has 0 aromatic carbocycles. The quantitative estimate of drug-likeness (QED) is 0.0304. The molecule has 0 radical (unpaired) electrons. The van der Waals surface area contributed by atoms with Crippen LogP contribution in [0.15, 0.2) is 21.9 Å². The summed E-state index contributed by atoms with van der Waals surface area (Å²) in [6.45, 7) is 7.31. The average Bonchev–Trinajstić information content (AvgIpc) is 3.53. The number of hydrogen-bond acceptors (Lipinski definition) is 8. The van der Waals surface area contributed by atoms with E-state index in [1.165, 1.54) is 64.2 Å². The molecule has 1 aliphatic heterocycles. The number of nitrogens with zero attached hydrogens (tertiary/aromatic N) is 1. The SMILES string of the molecule is CCCCNC(=O)NCCCCCCCCCCCCNC(=O)NCCCCCCCCCCCCNC(=O)CCC(=O)O[C@@H]1C(F)[C@H](n2ccc(=O)[nH]c2=O)O[C@@H]1CC. The highest BCUT2D eigenvalue weighted by atomic mass is 19.1. The summed E-state index contributed by atoms with van der Waals surface area (Å²) in [5.74, 6) is -0.988. The summed E-state index contributed by atoms with van der Waals surface area (Å²) in [5, 5.41) is 14.6. The number of urea groups is 2. The Bertz CT molecular complexity index is 1440. The first-order chi connectivity index (χ1) is 29.2. The van der Waals surface area contributed by atoms with Gasteiger partial charge in [-0.15, -0.1) is 0 Å². The van der Waals surface area contributed by atoms with Crippen molar-refractivity contribution in [3.05, 3.63) is 33.1 Å². The molecule has 1 unspecified atom stereocenters. The molecular weight excluding hydrogens is 774 g/mol. The number of aromatic amines is 1. The first-order valence-electron chi connectivity index (χ1n) is 23.3. The molecule has 16 heteroatoms. The van der Waals surface area contributed by atoms with Crippen molar-refractivity contribution in [2.45, 2.75) is 199 Å². The van der Waals surface area contributed by atoms with E-state index in [1.54, 1.807) is 6.92 Å². The zero-order valence-corrected chi connectivity index (χ0v) is 36.8. The fraction of sp³-hybridized carbons (Fsp3) is 0.818. The largest absolute Gasteiger partial charge is 0.456 e. The fourth-order valence-corrected chi connectivity index (χ4v) is 7.20. The lowest BCUT2D eigenvalue weighted by Crippen LogP contribution is -2.37. The lowest BCUT2D eigenvalue weighted by molar-refractivity contribution is -0.154. The van der Waals surface area contributed by atoms with Crippen molar-refractivity contribution in [3.63, 3.8) is 0 Å². The number of carbonyl (C=O) groups is 4. The minimum absolute atomic E-state index is 0.0475. The van der Waals surface area contributed by atoms with Crippen LogP contribution in [0.25, 0.3) is 0 Å². The number of carbonyl (C=O) groups excluding carboxylic acids is 4. The molecule has 2 heterocycles. The predicted octanol–water partition coefficient (Wildman–Crippen LogP) is 7.19. The Hall–Kier alpha value is -3.95. The van der Waals surface area contributed by atoms with Gasteiger partial charge in [0.25, 0.3) is 5.56 Å². The summed E-state index contributed by atoms with van der Waals surface area (Å²) in [6, 6.07) is 0.969. The van der Waals surface area contributed by atoms with Gasteiger partial charge >= 0.3 is 23.7 Å². The maximum absolute atomic E-state index is 15.2. The van der Waals surface area contributed by atoms with Crippen LogP contribution in [0.2, 0.25) is 0 Å². The third-order valence-electron chi connectivity index (χ3n) is 10.8. The van der Waals surface area contributed by atoms with Gasteiger partial charge < -0.3 is 36.1 Å². The number of rotatable bonds is 35. The molecule has 1 aromatic heterocycles. The molecule has 6 N–H and O–H groups in total. The van der Waals surface area contributed by atoms with Crippen LogP contribution in [0.1, 0.15) is 181 Å². The zero-order valence-electron chi connectivity index (χ0n) is 36.8. The van der Waals surface area contributed by atoms with Crippen molar-refractivity contribution in [3.8, 4) is 0 Å². The predicted molar refractivity (Wildman–Crippen MR) is 233 cm³/mol. The van der Waals surface area contributed by atoms with E-state index in [2.05, 4.69) is 38.5 Å².